The second kappa shape index (κ2) is 6.43. The van der Waals surface area contributed by atoms with E-state index < -0.39 is 17.4 Å². The molecule has 0 bridgehead atoms. The van der Waals surface area contributed by atoms with E-state index in [9.17, 15) is 14.4 Å². The summed E-state index contributed by atoms with van der Waals surface area (Å²) in [4.78, 5) is 45.2. The first-order valence-electron chi connectivity index (χ1n) is 11.3. The predicted molar refractivity (Wildman–Crippen MR) is 125 cm³/mol. The summed E-state index contributed by atoms with van der Waals surface area (Å²) in [5, 5.41) is 5.29. The van der Waals surface area contributed by atoms with Crippen LogP contribution in [0.25, 0.3) is 10.8 Å². The Labute approximate surface area is 195 Å². The molecule has 4 atom stereocenters. The number of carbonyl (C=O) groups is 3. The Morgan fingerprint density at radius 2 is 1.79 bits per heavy atom. The van der Waals surface area contributed by atoms with E-state index in [0.717, 1.165) is 23.6 Å². The van der Waals surface area contributed by atoms with Gasteiger partial charge in [0.15, 0.2) is 0 Å². The summed E-state index contributed by atoms with van der Waals surface area (Å²) in [7, 11) is 0. The number of rotatable bonds is 1. The molecule has 3 amide bonds. The SMILES string of the molecule is O=C1[C@@H]2[C@@H]3CCCN3[C@]3(C(=O)Nc4ccc(Cl)cc43)[C@H]2C(=O)N1c1cccc2ccccc12. The van der Waals surface area contributed by atoms with Crippen molar-refractivity contribution in [3.8, 4) is 0 Å². The van der Waals surface area contributed by atoms with Gasteiger partial charge in [0.1, 0.15) is 5.54 Å². The van der Waals surface area contributed by atoms with Gasteiger partial charge in [-0.2, -0.15) is 0 Å². The molecule has 0 aromatic heterocycles. The van der Waals surface area contributed by atoms with Crippen molar-refractivity contribution in [2.75, 3.05) is 16.8 Å². The van der Waals surface area contributed by atoms with Crippen molar-refractivity contribution >= 4 is 51.5 Å². The number of fused-ring (bicyclic) bond motifs is 8. The standard InChI is InChI=1S/C26H20ClN3O3/c27-15-10-11-18-17(13-15)26(25(33)28-18)22-21(20-9-4-12-29(20)26)23(31)30(24(22)32)19-8-3-6-14-5-1-2-7-16(14)19/h1-3,5-8,10-11,13,20-22H,4,9,12H2,(H,28,33)/t20-,21+,22+,26-/m0/s1. The van der Waals surface area contributed by atoms with Gasteiger partial charge >= 0.3 is 0 Å². The number of nitrogens with zero attached hydrogens (tertiary/aromatic N) is 2. The van der Waals surface area contributed by atoms with E-state index in [1.807, 2.05) is 42.5 Å². The smallest absolute Gasteiger partial charge is 0.250 e. The van der Waals surface area contributed by atoms with E-state index in [-0.39, 0.29) is 23.8 Å². The maximum absolute atomic E-state index is 14.1. The van der Waals surface area contributed by atoms with Crippen molar-refractivity contribution in [1.82, 2.24) is 4.90 Å². The van der Waals surface area contributed by atoms with Crippen LogP contribution < -0.4 is 10.2 Å². The van der Waals surface area contributed by atoms with Gasteiger partial charge in [-0.25, -0.2) is 4.90 Å². The molecule has 0 radical (unpaired) electrons. The first-order valence-corrected chi connectivity index (χ1v) is 11.6. The van der Waals surface area contributed by atoms with Gasteiger partial charge in [-0.15, -0.1) is 0 Å². The largest absolute Gasteiger partial charge is 0.324 e. The molecule has 33 heavy (non-hydrogen) atoms. The monoisotopic (exact) mass is 457 g/mol. The molecule has 4 aliphatic heterocycles. The van der Waals surface area contributed by atoms with Gasteiger partial charge in [-0.05, 0) is 49.0 Å². The highest BCUT2D eigenvalue weighted by molar-refractivity contribution is 6.31. The highest BCUT2D eigenvalue weighted by atomic mass is 35.5. The summed E-state index contributed by atoms with van der Waals surface area (Å²) >= 11 is 6.35. The molecular formula is C26H20ClN3O3. The highest BCUT2D eigenvalue weighted by Crippen LogP contribution is 2.61. The van der Waals surface area contributed by atoms with Crippen molar-refractivity contribution in [2.45, 2.75) is 24.4 Å². The minimum Gasteiger partial charge on any atom is -0.324 e. The van der Waals surface area contributed by atoms with Crippen LogP contribution in [0.3, 0.4) is 0 Å². The number of hydrogen-bond donors (Lipinski definition) is 1. The number of amides is 3. The van der Waals surface area contributed by atoms with Crippen molar-refractivity contribution in [1.29, 1.82) is 0 Å². The van der Waals surface area contributed by atoms with Gasteiger partial charge in [0.2, 0.25) is 17.7 Å². The third-order valence-corrected chi connectivity index (χ3v) is 8.20. The van der Waals surface area contributed by atoms with E-state index in [1.54, 1.807) is 18.2 Å². The zero-order valence-electron chi connectivity index (χ0n) is 17.6. The molecule has 3 aromatic carbocycles. The number of hydrogen-bond acceptors (Lipinski definition) is 4. The predicted octanol–water partition coefficient (Wildman–Crippen LogP) is 3.92. The Kier molecular flexibility index (Phi) is 3.75. The molecule has 1 N–H and O–H groups in total. The molecule has 3 fully saturated rings. The Morgan fingerprint density at radius 1 is 0.970 bits per heavy atom. The summed E-state index contributed by atoms with van der Waals surface area (Å²) in [5.74, 6) is -2.10. The van der Waals surface area contributed by atoms with Gasteiger partial charge in [-0.1, -0.05) is 48.0 Å². The summed E-state index contributed by atoms with van der Waals surface area (Å²) in [6, 6.07) is 18.5. The van der Waals surface area contributed by atoms with Gasteiger partial charge in [0, 0.05) is 27.7 Å². The quantitative estimate of drug-likeness (QED) is 0.562. The van der Waals surface area contributed by atoms with E-state index in [0.29, 0.717) is 28.5 Å². The molecular weight excluding hydrogens is 438 g/mol. The number of nitrogens with one attached hydrogen (secondary N) is 1. The van der Waals surface area contributed by atoms with Crippen LogP contribution in [0.2, 0.25) is 5.02 Å². The normalized spacial score (nSPS) is 30.3. The molecule has 7 rings (SSSR count). The maximum atomic E-state index is 14.1. The van der Waals surface area contributed by atoms with Crippen molar-refractivity contribution in [3.05, 3.63) is 71.2 Å². The van der Waals surface area contributed by atoms with Crippen LogP contribution in [0, 0.1) is 11.8 Å². The summed E-state index contributed by atoms with van der Waals surface area (Å²) in [6.45, 7) is 0.672. The molecule has 0 aliphatic carbocycles. The lowest BCUT2D eigenvalue weighted by atomic mass is 9.75. The Morgan fingerprint density at radius 3 is 2.67 bits per heavy atom. The lowest BCUT2D eigenvalue weighted by molar-refractivity contribution is -0.135. The van der Waals surface area contributed by atoms with Gasteiger partial charge < -0.3 is 5.32 Å². The Balaban J connectivity index is 1.46. The fourth-order valence-electron chi connectivity index (χ4n) is 6.82. The number of imide groups is 1. The minimum absolute atomic E-state index is 0.151. The average Bonchev–Trinajstić information content (AvgIpc) is 3.52. The average molecular weight is 458 g/mol. The van der Waals surface area contributed by atoms with E-state index in [2.05, 4.69) is 10.2 Å². The Bertz CT molecular complexity index is 1400. The van der Waals surface area contributed by atoms with Crippen LogP contribution in [0.1, 0.15) is 18.4 Å². The maximum Gasteiger partial charge on any atom is 0.250 e. The first kappa shape index (κ1) is 19.3. The molecule has 7 heteroatoms. The zero-order chi connectivity index (χ0) is 22.5. The van der Waals surface area contributed by atoms with Crippen LogP contribution in [0.15, 0.2) is 60.7 Å². The molecule has 0 saturated carbocycles. The van der Waals surface area contributed by atoms with E-state index >= 15 is 0 Å². The van der Waals surface area contributed by atoms with Gasteiger partial charge in [-0.3, -0.25) is 19.3 Å². The first-order chi connectivity index (χ1) is 16.0. The second-order valence-electron chi connectivity index (χ2n) is 9.33. The van der Waals surface area contributed by atoms with Crippen LogP contribution in [-0.2, 0) is 19.9 Å². The highest BCUT2D eigenvalue weighted by Gasteiger charge is 2.74. The fourth-order valence-corrected chi connectivity index (χ4v) is 6.99. The molecule has 4 heterocycles. The number of carbonyl (C=O) groups excluding carboxylic acids is 3. The Hall–Kier alpha value is -3.22. The second-order valence-corrected chi connectivity index (χ2v) is 9.76. The van der Waals surface area contributed by atoms with Crippen molar-refractivity contribution in [3.63, 3.8) is 0 Å². The molecule has 3 saturated heterocycles. The molecule has 6 nitrogen and oxygen atoms in total. The molecule has 3 aromatic rings. The van der Waals surface area contributed by atoms with Crippen LogP contribution in [0.5, 0.6) is 0 Å². The van der Waals surface area contributed by atoms with Gasteiger partial charge in [0.25, 0.3) is 0 Å². The lowest BCUT2D eigenvalue weighted by Gasteiger charge is -2.36. The summed E-state index contributed by atoms with van der Waals surface area (Å²) in [6.07, 6.45) is 1.67. The van der Waals surface area contributed by atoms with E-state index in [1.165, 1.54) is 4.90 Å². The third-order valence-electron chi connectivity index (χ3n) is 7.96. The number of benzene rings is 3. The number of halogens is 1. The molecule has 0 unspecified atom stereocenters. The fraction of sp³-hybridized carbons (Fsp3) is 0.269. The topological polar surface area (TPSA) is 69.7 Å². The zero-order valence-corrected chi connectivity index (χ0v) is 18.4. The van der Waals surface area contributed by atoms with Crippen molar-refractivity contribution < 1.29 is 14.4 Å². The van der Waals surface area contributed by atoms with Gasteiger partial charge in [0.05, 0.1) is 17.5 Å². The molecule has 164 valence electrons. The third kappa shape index (κ3) is 2.20. The number of anilines is 2. The minimum atomic E-state index is -1.21. The molecule has 4 aliphatic rings. The van der Waals surface area contributed by atoms with Crippen LogP contribution in [-0.4, -0.2) is 35.2 Å². The lowest BCUT2D eigenvalue weighted by Crippen LogP contribution is -2.54. The van der Waals surface area contributed by atoms with Crippen molar-refractivity contribution in [2.24, 2.45) is 11.8 Å². The van der Waals surface area contributed by atoms with Crippen LogP contribution in [0.4, 0.5) is 11.4 Å². The van der Waals surface area contributed by atoms with Crippen LogP contribution >= 0.6 is 11.6 Å². The molecule has 1 spiro atoms. The summed E-state index contributed by atoms with van der Waals surface area (Å²) < 4.78 is 0. The summed E-state index contributed by atoms with van der Waals surface area (Å²) in [5.41, 5.74) is 0.750. The van der Waals surface area contributed by atoms with E-state index in [4.69, 9.17) is 11.6 Å².